The van der Waals surface area contributed by atoms with Crippen molar-refractivity contribution in [2.24, 2.45) is 0 Å². The highest BCUT2D eigenvalue weighted by molar-refractivity contribution is 6.83. The molecule has 0 aromatic carbocycles. The quantitative estimate of drug-likeness (QED) is 0.136. The molecule has 1 aliphatic rings. The summed E-state index contributed by atoms with van der Waals surface area (Å²) in [5.41, 5.74) is 3.31. The first-order valence-corrected chi connectivity index (χ1v) is 20.7. The van der Waals surface area contributed by atoms with Crippen molar-refractivity contribution in [1.82, 2.24) is 0 Å². The minimum atomic E-state index is -1.89. The second-order valence-corrected chi connectivity index (χ2v) is 22.6. The molecule has 0 aliphatic carbocycles. The van der Waals surface area contributed by atoms with Crippen LogP contribution in [0.4, 0.5) is 0 Å². The van der Waals surface area contributed by atoms with Crippen molar-refractivity contribution in [1.29, 1.82) is 0 Å². The zero-order valence-corrected chi connectivity index (χ0v) is 26.3. The van der Waals surface area contributed by atoms with Gasteiger partial charge in [0.1, 0.15) is 14.2 Å². The summed E-state index contributed by atoms with van der Waals surface area (Å²) in [5, 5.41) is 10.8. The summed E-state index contributed by atoms with van der Waals surface area (Å²) in [4.78, 5) is 0. The molecule has 1 N–H and O–H groups in total. The molecule has 0 aromatic rings. The van der Waals surface area contributed by atoms with Crippen LogP contribution in [-0.2, 0) is 9.16 Å². The Hall–Kier alpha value is -0.126. The minimum Gasteiger partial charge on any atom is -0.411 e. The van der Waals surface area contributed by atoms with Crippen molar-refractivity contribution in [2.75, 3.05) is 0 Å². The van der Waals surface area contributed by atoms with E-state index in [4.69, 9.17) is 9.16 Å². The van der Waals surface area contributed by atoms with E-state index in [0.717, 1.165) is 19.3 Å². The third-order valence-electron chi connectivity index (χ3n) is 7.54. The van der Waals surface area contributed by atoms with Crippen molar-refractivity contribution in [2.45, 2.75) is 173 Å². The van der Waals surface area contributed by atoms with E-state index in [-0.39, 0.29) is 23.4 Å². The lowest BCUT2D eigenvalue weighted by molar-refractivity contribution is -0.0600. The molecule has 1 fully saturated rings. The van der Waals surface area contributed by atoms with Gasteiger partial charge in [-0.1, -0.05) is 117 Å². The van der Waals surface area contributed by atoms with Crippen LogP contribution < -0.4 is 0 Å². The monoisotopic (exact) mass is 510 g/mol. The number of rotatable bonds is 15. The summed E-state index contributed by atoms with van der Waals surface area (Å²) in [6.07, 6.45) is 15.8. The van der Waals surface area contributed by atoms with E-state index >= 15 is 0 Å². The van der Waals surface area contributed by atoms with Crippen LogP contribution in [0.15, 0.2) is 0 Å². The smallest absolute Gasteiger partial charge is 0.192 e. The zero-order valence-electron chi connectivity index (χ0n) is 24.3. The fraction of sp³-hybridized carbons (Fsp3) is 0.931. The fourth-order valence-electron chi connectivity index (χ4n) is 4.29. The van der Waals surface area contributed by atoms with Gasteiger partial charge < -0.3 is 14.3 Å². The van der Waals surface area contributed by atoms with Crippen molar-refractivity contribution in [3.63, 3.8) is 0 Å². The van der Waals surface area contributed by atoms with E-state index in [9.17, 15) is 5.11 Å². The van der Waals surface area contributed by atoms with Crippen LogP contribution in [0.1, 0.15) is 111 Å². The van der Waals surface area contributed by atoms with E-state index in [1.807, 2.05) is 0 Å². The lowest BCUT2D eigenvalue weighted by Crippen LogP contribution is -2.47. The van der Waals surface area contributed by atoms with Crippen molar-refractivity contribution < 1.29 is 14.3 Å². The molecule has 1 heterocycles. The summed E-state index contributed by atoms with van der Waals surface area (Å²) < 4.78 is 13.3. The normalized spacial score (nSPS) is 21.2. The molecule has 1 rings (SSSR count). The Morgan fingerprint density at radius 3 is 1.85 bits per heavy atom. The molecule has 200 valence electrons. The largest absolute Gasteiger partial charge is 0.411 e. The molecular weight excluding hydrogens is 452 g/mol. The van der Waals surface area contributed by atoms with Crippen LogP contribution in [0, 0.1) is 11.5 Å². The average Bonchev–Trinajstić information content (AvgIpc) is 3.21. The van der Waals surface area contributed by atoms with E-state index in [2.05, 4.69) is 71.9 Å². The first kappa shape index (κ1) is 31.9. The van der Waals surface area contributed by atoms with E-state index in [1.54, 1.807) is 0 Å². The summed E-state index contributed by atoms with van der Waals surface area (Å²) in [7, 11) is -3.39. The van der Waals surface area contributed by atoms with Gasteiger partial charge in [-0.15, -0.1) is 5.54 Å². The van der Waals surface area contributed by atoms with Crippen LogP contribution in [0.5, 0.6) is 0 Å². The summed E-state index contributed by atoms with van der Waals surface area (Å²) in [6, 6.07) is 0. The van der Waals surface area contributed by atoms with Crippen LogP contribution in [0.25, 0.3) is 0 Å². The van der Waals surface area contributed by atoms with Crippen LogP contribution in [-0.4, -0.2) is 45.9 Å². The summed E-state index contributed by atoms with van der Waals surface area (Å²) in [5.74, 6) is 3.09. The third kappa shape index (κ3) is 12.7. The number of unbranched alkanes of at least 4 members (excludes halogenated alkanes) is 9. The molecule has 5 heteroatoms. The molecule has 0 amide bonds. The van der Waals surface area contributed by atoms with Gasteiger partial charge in [0.25, 0.3) is 0 Å². The van der Waals surface area contributed by atoms with Gasteiger partial charge in [0.05, 0.1) is 18.3 Å². The van der Waals surface area contributed by atoms with Crippen LogP contribution in [0.2, 0.25) is 37.8 Å². The number of ether oxygens (including phenoxy) is 1. The van der Waals surface area contributed by atoms with Gasteiger partial charge in [0.15, 0.2) is 8.32 Å². The van der Waals surface area contributed by atoms with E-state index in [1.165, 1.54) is 64.2 Å². The molecule has 34 heavy (non-hydrogen) atoms. The Morgan fingerprint density at radius 2 is 1.35 bits per heavy atom. The molecule has 3 nitrogen and oxygen atoms in total. The highest BCUT2D eigenvalue weighted by Gasteiger charge is 2.43. The maximum atomic E-state index is 10.6. The van der Waals surface area contributed by atoms with Gasteiger partial charge in [-0.05, 0) is 37.4 Å². The Kier molecular flexibility index (Phi) is 14.3. The molecule has 0 spiro atoms. The SMILES string of the molecule is CCCCCCCCCCCC[C@@H](O[Si](C)(C)C(C)(C)C)[C@@H]1CC[C@@H]([C@@H](O)C#C[Si](C)(C)C)O1. The first-order chi connectivity index (χ1) is 15.8. The molecular formula is C29H58O3Si2. The second-order valence-electron chi connectivity index (χ2n) is 13.1. The highest BCUT2D eigenvalue weighted by atomic mass is 28.4. The molecule has 0 radical (unpaired) electrons. The molecule has 1 aliphatic heterocycles. The summed E-state index contributed by atoms with van der Waals surface area (Å²) in [6.45, 7) is 20.5. The minimum absolute atomic E-state index is 0.0843. The Bertz CT molecular complexity index is 610. The maximum absolute atomic E-state index is 10.6. The third-order valence-corrected chi connectivity index (χ3v) is 12.9. The van der Waals surface area contributed by atoms with Crippen molar-refractivity contribution in [3.8, 4) is 11.5 Å². The van der Waals surface area contributed by atoms with E-state index in [0.29, 0.717) is 0 Å². The number of aliphatic hydroxyl groups is 1. The predicted octanol–water partition coefficient (Wildman–Crippen LogP) is 8.48. The highest BCUT2D eigenvalue weighted by Crippen LogP contribution is 2.40. The molecule has 0 bridgehead atoms. The number of hydrogen-bond donors (Lipinski definition) is 1. The van der Waals surface area contributed by atoms with Gasteiger partial charge in [-0.3, -0.25) is 0 Å². The number of aliphatic hydroxyl groups excluding tert-OH is 1. The summed E-state index contributed by atoms with van der Waals surface area (Å²) >= 11 is 0. The van der Waals surface area contributed by atoms with Crippen LogP contribution >= 0.6 is 0 Å². The average molecular weight is 511 g/mol. The second kappa shape index (κ2) is 15.2. The van der Waals surface area contributed by atoms with Crippen molar-refractivity contribution in [3.05, 3.63) is 0 Å². The predicted molar refractivity (Wildman–Crippen MR) is 154 cm³/mol. The molecule has 0 aromatic heterocycles. The molecule has 0 unspecified atom stereocenters. The lowest BCUT2D eigenvalue weighted by Gasteiger charge is -2.41. The molecule has 4 atom stereocenters. The number of hydrogen-bond acceptors (Lipinski definition) is 3. The van der Waals surface area contributed by atoms with Gasteiger partial charge in [0.2, 0.25) is 0 Å². The Balaban J connectivity index is 2.59. The van der Waals surface area contributed by atoms with Gasteiger partial charge in [-0.25, -0.2) is 0 Å². The Morgan fingerprint density at radius 1 is 0.853 bits per heavy atom. The lowest BCUT2D eigenvalue weighted by atomic mass is 10.0. The van der Waals surface area contributed by atoms with Gasteiger partial charge in [-0.2, -0.15) is 0 Å². The zero-order chi connectivity index (χ0) is 25.8. The van der Waals surface area contributed by atoms with Gasteiger partial charge >= 0.3 is 0 Å². The Labute approximate surface area is 215 Å². The first-order valence-electron chi connectivity index (χ1n) is 14.3. The standard InChI is InChI=1S/C29H58O3Si2/c1-10-11-12-13-14-15-16-17-18-19-20-28(32-34(8,9)29(2,3)4)27-22-21-26(31-27)25(30)23-24-33(5,6)7/h25-28,30H,10-22H2,1-9H3/t25-,26-,27-,28+/m0/s1. The topological polar surface area (TPSA) is 38.7 Å². The van der Waals surface area contributed by atoms with E-state index < -0.39 is 22.5 Å². The fourth-order valence-corrected chi connectivity index (χ4v) is 6.25. The van der Waals surface area contributed by atoms with Crippen LogP contribution in [0.3, 0.4) is 0 Å². The van der Waals surface area contributed by atoms with Gasteiger partial charge in [0, 0.05) is 0 Å². The molecule has 1 saturated heterocycles. The maximum Gasteiger partial charge on any atom is 0.192 e. The van der Waals surface area contributed by atoms with Crippen molar-refractivity contribution >= 4 is 16.4 Å². The molecule has 0 saturated carbocycles.